The monoisotopic (exact) mass is 400 g/mol. The molecular formula is C19H20N4O2S2. The zero-order valence-corrected chi connectivity index (χ0v) is 16.3. The largest absolute Gasteiger partial charge is 0.457 e. The molecule has 1 N–H and O–H groups in total. The van der Waals surface area contributed by atoms with Crippen LogP contribution in [0, 0.1) is 3.95 Å². The van der Waals surface area contributed by atoms with Crippen molar-refractivity contribution in [1.29, 1.82) is 0 Å². The summed E-state index contributed by atoms with van der Waals surface area (Å²) < 4.78 is 13.8. The van der Waals surface area contributed by atoms with Gasteiger partial charge in [0.05, 0.1) is 19.9 Å². The molecule has 0 amide bonds. The molecule has 0 radical (unpaired) electrons. The average molecular weight is 401 g/mol. The van der Waals surface area contributed by atoms with Crippen molar-refractivity contribution in [2.75, 3.05) is 31.6 Å². The van der Waals surface area contributed by atoms with E-state index in [0.717, 1.165) is 52.6 Å². The number of nitrogens with one attached hydrogen (secondary N) is 1. The first kappa shape index (κ1) is 18.1. The van der Waals surface area contributed by atoms with Crippen LogP contribution in [0.1, 0.15) is 0 Å². The molecule has 4 rings (SSSR count). The van der Waals surface area contributed by atoms with Gasteiger partial charge in [-0.1, -0.05) is 29.5 Å². The molecule has 1 saturated heterocycles. The highest BCUT2D eigenvalue weighted by Crippen LogP contribution is 2.25. The van der Waals surface area contributed by atoms with Crippen molar-refractivity contribution in [2.24, 2.45) is 0 Å². The molecule has 8 heteroatoms. The second kappa shape index (κ2) is 8.62. The molecule has 0 spiro atoms. The van der Waals surface area contributed by atoms with E-state index in [9.17, 15) is 0 Å². The summed E-state index contributed by atoms with van der Waals surface area (Å²) in [5, 5.41) is 8.69. The van der Waals surface area contributed by atoms with Gasteiger partial charge in [0, 0.05) is 18.8 Å². The van der Waals surface area contributed by atoms with Gasteiger partial charge in [-0.2, -0.15) is 0 Å². The predicted octanol–water partition coefficient (Wildman–Crippen LogP) is 4.50. The number of ether oxygens (including phenoxy) is 2. The Balaban J connectivity index is 1.39. The minimum atomic E-state index is 0.699. The highest BCUT2D eigenvalue weighted by Gasteiger charge is 2.13. The Bertz CT molecular complexity index is 919. The predicted molar refractivity (Wildman–Crippen MR) is 110 cm³/mol. The SMILES string of the molecule is S=c1sc(Nc2ccc(Oc3ccccc3)cc2)nn1CN1CCOCC1. The fourth-order valence-electron chi connectivity index (χ4n) is 2.73. The normalized spacial score (nSPS) is 14.8. The minimum absolute atomic E-state index is 0.699. The molecule has 0 aliphatic carbocycles. The number of morpholine rings is 1. The van der Waals surface area contributed by atoms with Crippen LogP contribution in [0.3, 0.4) is 0 Å². The molecular weight excluding hydrogens is 380 g/mol. The molecule has 0 saturated carbocycles. The van der Waals surface area contributed by atoms with Crippen molar-refractivity contribution in [3.05, 3.63) is 58.6 Å². The Labute approximate surface area is 167 Å². The summed E-state index contributed by atoms with van der Waals surface area (Å²) in [6.07, 6.45) is 0. The number of aromatic nitrogens is 2. The number of benzene rings is 2. The van der Waals surface area contributed by atoms with Gasteiger partial charge in [-0.05, 0) is 48.6 Å². The highest BCUT2D eigenvalue weighted by molar-refractivity contribution is 7.73. The van der Waals surface area contributed by atoms with Crippen LogP contribution in [0.2, 0.25) is 0 Å². The second-order valence-corrected chi connectivity index (χ2v) is 7.73. The van der Waals surface area contributed by atoms with Crippen molar-refractivity contribution in [3.63, 3.8) is 0 Å². The first-order valence-corrected chi connectivity index (χ1v) is 9.97. The lowest BCUT2D eigenvalue weighted by Gasteiger charge is -2.26. The van der Waals surface area contributed by atoms with Gasteiger partial charge in [-0.25, -0.2) is 4.68 Å². The summed E-state index contributed by atoms with van der Waals surface area (Å²) >= 11 is 6.92. The summed E-state index contributed by atoms with van der Waals surface area (Å²) in [6, 6.07) is 17.5. The number of hydrogen-bond donors (Lipinski definition) is 1. The van der Waals surface area contributed by atoms with Crippen molar-refractivity contribution in [1.82, 2.24) is 14.7 Å². The maximum Gasteiger partial charge on any atom is 0.209 e. The minimum Gasteiger partial charge on any atom is -0.457 e. The fourth-order valence-corrected chi connectivity index (χ4v) is 3.75. The van der Waals surface area contributed by atoms with E-state index in [-0.39, 0.29) is 0 Å². The van der Waals surface area contributed by atoms with E-state index in [4.69, 9.17) is 21.7 Å². The van der Waals surface area contributed by atoms with E-state index in [1.54, 1.807) is 0 Å². The van der Waals surface area contributed by atoms with Gasteiger partial charge < -0.3 is 14.8 Å². The topological polar surface area (TPSA) is 51.5 Å². The molecule has 0 unspecified atom stereocenters. The zero-order chi connectivity index (χ0) is 18.5. The summed E-state index contributed by atoms with van der Waals surface area (Å²) in [4.78, 5) is 2.29. The molecule has 2 heterocycles. The Morgan fingerprint density at radius 1 is 1.04 bits per heavy atom. The van der Waals surface area contributed by atoms with Crippen LogP contribution in [0.5, 0.6) is 11.5 Å². The van der Waals surface area contributed by atoms with E-state index >= 15 is 0 Å². The highest BCUT2D eigenvalue weighted by atomic mass is 32.1. The molecule has 0 atom stereocenters. The van der Waals surface area contributed by atoms with Crippen LogP contribution < -0.4 is 10.1 Å². The summed E-state index contributed by atoms with van der Waals surface area (Å²) in [6.45, 7) is 4.04. The van der Waals surface area contributed by atoms with Gasteiger partial charge in [0.25, 0.3) is 0 Å². The van der Waals surface area contributed by atoms with Crippen molar-refractivity contribution >= 4 is 34.4 Å². The maximum absolute atomic E-state index is 5.81. The Morgan fingerprint density at radius 3 is 2.48 bits per heavy atom. The number of hydrogen-bond acceptors (Lipinski definition) is 7. The van der Waals surface area contributed by atoms with Gasteiger partial charge in [-0.3, -0.25) is 4.90 Å². The van der Waals surface area contributed by atoms with Crippen molar-refractivity contribution in [2.45, 2.75) is 6.67 Å². The number of anilines is 2. The van der Waals surface area contributed by atoms with Gasteiger partial charge in [-0.15, -0.1) is 5.10 Å². The zero-order valence-electron chi connectivity index (χ0n) is 14.7. The first-order chi connectivity index (χ1) is 13.3. The smallest absolute Gasteiger partial charge is 0.209 e. The van der Waals surface area contributed by atoms with Gasteiger partial charge >= 0.3 is 0 Å². The lowest BCUT2D eigenvalue weighted by Crippen LogP contribution is -2.37. The Morgan fingerprint density at radius 2 is 1.74 bits per heavy atom. The van der Waals surface area contributed by atoms with Gasteiger partial charge in [0.1, 0.15) is 11.5 Å². The third-order valence-corrected chi connectivity index (χ3v) is 5.35. The Kier molecular flexibility index (Phi) is 5.78. The lowest BCUT2D eigenvalue weighted by molar-refractivity contribution is 0.0212. The number of rotatable bonds is 6. The number of para-hydroxylation sites is 1. The van der Waals surface area contributed by atoms with Gasteiger partial charge in [0.2, 0.25) is 5.13 Å². The molecule has 140 valence electrons. The summed E-state index contributed by atoms with van der Waals surface area (Å²) in [5.41, 5.74) is 0.942. The molecule has 1 aliphatic heterocycles. The van der Waals surface area contributed by atoms with Crippen LogP contribution in [-0.2, 0) is 11.4 Å². The van der Waals surface area contributed by atoms with E-state index < -0.39 is 0 Å². The quantitative estimate of drug-likeness (QED) is 0.615. The van der Waals surface area contributed by atoms with Crippen LogP contribution in [0.15, 0.2) is 54.6 Å². The first-order valence-electron chi connectivity index (χ1n) is 8.74. The molecule has 1 fully saturated rings. The third kappa shape index (κ3) is 4.92. The Hall–Kier alpha value is -2.26. The van der Waals surface area contributed by atoms with E-state index in [0.29, 0.717) is 6.67 Å². The lowest BCUT2D eigenvalue weighted by atomic mass is 10.3. The van der Waals surface area contributed by atoms with Crippen molar-refractivity contribution < 1.29 is 9.47 Å². The summed E-state index contributed by atoms with van der Waals surface area (Å²) in [7, 11) is 0. The average Bonchev–Trinajstić information content (AvgIpc) is 3.04. The summed E-state index contributed by atoms with van der Waals surface area (Å²) in [5.74, 6) is 1.61. The third-order valence-electron chi connectivity index (χ3n) is 4.13. The van der Waals surface area contributed by atoms with Crippen LogP contribution in [-0.4, -0.2) is 41.0 Å². The molecule has 1 aromatic heterocycles. The van der Waals surface area contributed by atoms with E-state index in [1.807, 2.05) is 59.3 Å². The van der Waals surface area contributed by atoms with Crippen molar-refractivity contribution in [3.8, 4) is 11.5 Å². The molecule has 6 nitrogen and oxygen atoms in total. The van der Waals surface area contributed by atoms with E-state index in [2.05, 4.69) is 15.3 Å². The molecule has 27 heavy (non-hydrogen) atoms. The van der Waals surface area contributed by atoms with Crippen LogP contribution >= 0.6 is 23.6 Å². The second-order valence-electron chi connectivity index (χ2n) is 6.11. The van der Waals surface area contributed by atoms with E-state index in [1.165, 1.54) is 11.3 Å². The maximum atomic E-state index is 5.81. The molecule has 0 bridgehead atoms. The van der Waals surface area contributed by atoms with Crippen LogP contribution in [0.4, 0.5) is 10.8 Å². The fraction of sp³-hybridized carbons (Fsp3) is 0.263. The molecule has 1 aliphatic rings. The van der Waals surface area contributed by atoms with Crippen LogP contribution in [0.25, 0.3) is 0 Å². The molecule has 3 aromatic rings. The standard InChI is InChI=1S/C19H20N4O2S2/c26-19-23(14-22-10-12-24-13-11-22)21-18(27-19)20-15-6-8-17(9-7-15)25-16-4-2-1-3-5-16/h1-9H,10-14H2,(H,20,21). The number of nitrogens with zero attached hydrogens (tertiary/aromatic N) is 3. The molecule has 2 aromatic carbocycles. The van der Waals surface area contributed by atoms with Gasteiger partial charge in [0.15, 0.2) is 3.95 Å².